The molecule has 0 spiro atoms. The molecule has 0 heterocycles. The molecule has 108 valence electrons. The van der Waals surface area contributed by atoms with Crippen molar-refractivity contribution in [2.75, 3.05) is 0 Å². The first-order valence-corrected chi connectivity index (χ1v) is 6.68. The predicted molar refractivity (Wildman–Crippen MR) is 62.0 cm³/mol. The molecule has 0 unspecified atom stereocenters. The lowest BCUT2D eigenvalue weighted by Crippen LogP contribution is -2.27. The van der Waals surface area contributed by atoms with Crippen LogP contribution < -0.4 is 11.9 Å². The van der Waals surface area contributed by atoms with Crippen molar-refractivity contribution < 1.29 is 38.5 Å². The maximum atomic E-state index is 8.88. The van der Waals surface area contributed by atoms with Gasteiger partial charge < -0.3 is 41.2 Å². The second-order valence-electron chi connectivity index (χ2n) is 3.05. The molecule has 0 saturated carbocycles. The Kier molecular flexibility index (Phi) is 14.9. The van der Waals surface area contributed by atoms with Crippen LogP contribution in [0.2, 0.25) is 0 Å². The first-order chi connectivity index (χ1) is 6.56. The molecule has 0 aliphatic carbocycles. The van der Waals surface area contributed by atoms with Crippen LogP contribution in [0.4, 0.5) is 0 Å². The van der Waals surface area contributed by atoms with Crippen molar-refractivity contribution in [2.45, 2.75) is 19.4 Å². The van der Waals surface area contributed by atoms with Gasteiger partial charge >= 0.3 is 15.6 Å². The molecule has 17 heavy (non-hydrogen) atoms. The van der Waals surface area contributed by atoms with E-state index in [0.29, 0.717) is 0 Å². The molecule has 0 bridgehead atoms. The van der Waals surface area contributed by atoms with Crippen molar-refractivity contribution in [3.05, 3.63) is 12.7 Å². The van der Waals surface area contributed by atoms with E-state index in [2.05, 4.69) is 6.58 Å². The lowest BCUT2D eigenvalue weighted by Gasteiger charge is -2.08. The van der Waals surface area contributed by atoms with Gasteiger partial charge in [0.15, 0.2) is 0 Å². The van der Waals surface area contributed by atoms with Gasteiger partial charge in [-0.1, -0.05) is 6.08 Å². The summed E-state index contributed by atoms with van der Waals surface area (Å²) in [6.45, 7) is 7.31. The van der Waals surface area contributed by atoms with E-state index in [4.69, 9.17) is 44.2 Å². The largest absolute Gasteiger partial charge is 0.466 e. The third-order valence-corrected chi connectivity index (χ3v) is 0.526. The molecule has 0 aliphatic heterocycles. The van der Waals surface area contributed by atoms with E-state index in [1.165, 1.54) is 0 Å². The molecule has 0 rings (SSSR count). The summed E-state index contributed by atoms with van der Waals surface area (Å²) in [6.07, 6.45) is 1.72. The van der Waals surface area contributed by atoms with Gasteiger partial charge in [0.1, 0.15) is 0 Å². The van der Waals surface area contributed by atoms with Gasteiger partial charge in [0.25, 0.3) is 0 Å². The number of phosphoric acid groups is 2. The molecule has 0 amide bonds. The van der Waals surface area contributed by atoms with Crippen molar-refractivity contribution >= 4 is 15.6 Å². The van der Waals surface area contributed by atoms with Gasteiger partial charge in [0, 0.05) is 5.54 Å². The summed E-state index contributed by atoms with van der Waals surface area (Å²) in [4.78, 5) is 43.1. The zero-order valence-corrected chi connectivity index (χ0v) is 11.3. The molecule has 0 radical (unpaired) electrons. The number of nitrogens with two attached hydrogens (primary N) is 1. The fraction of sp³-hybridized carbons (Fsp3) is 0.600. The average molecular weight is 298 g/mol. The molecule has 0 saturated heterocycles. The van der Waals surface area contributed by atoms with Crippen molar-refractivity contribution in [1.29, 1.82) is 0 Å². The smallest absolute Gasteiger partial charge is 0.344 e. The van der Waals surface area contributed by atoms with E-state index in [-0.39, 0.29) is 11.7 Å². The van der Waals surface area contributed by atoms with Gasteiger partial charge in [-0.15, -0.1) is 6.58 Å². The Hall–Kier alpha value is -0.120. The van der Waals surface area contributed by atoms with Gasteiger partial charge in [0.2, 0.25) is 0 Å². The highest BCUT2D eigenvalue weighted by Gasteiger charge is 2.00. The number of hydrogen-bond acceptors (Lipinski definition) is 4. The van der Waals surface area contributed by atoms with E-state index in [1.807, 2.05) is 13.8 Å². The minimum absolute atomic E-state index is 0. The molecule has 10 nitrogen and oxygen atoms in total. The van der Waals surface area contributed by atoms with E-state index in [9.17, 15) is 0 Å². The van der Waals surface area contributed by atoms with Crippen molar-refractivity contribution in [3.63, 3.8) is 0 Å². The van der Waals surface area contributed by atoms with Crippen molar-refractivity contribution in [2.24, 2.45) is 5.73 Å². The molecule has 0 aromatic carbocycles. The first kappa shape index (κ1) is 25.7. The van der Waals surface area contributed by atoms with Gasteiger partial charge in [-0.3, -0.25) is 0 Å². The fourth-order valence-electron chi connectivity index (χ4n) is 0. The molecular formula is C5H20N2O8P2. The Morgan fingerprint density at radius 3 is 1.06 bits per heavy atom. The molecule has 0 aromatic rings. The van der Waals surface area contributed by atoms with Gasteiger partial charge in [-0.25, -0.2) is 9.13 Å². The van der Waals surface area contributed by atoms with Gasteiger partial charge in [-0.2, -0.15) is 0 Å². The summed E-state index contributed by atoms with van der Waals surface area (Å²) in [5, 5.41) is 0. The van der Waals surface area contributed by atoms with Crippen LogP contribution in [0.15, 0.2) is 12.7 Å². The molecule has 11 N–H and O–H groups in total. The van der Waals surface area contributed by atoms with E-state index in [1.54, 1.807) is 6.08 Å². The normalized spacial score (nSPS) is 10.9. The zero-order valence-electron chi connectivity index (χ0n) is 9.46. The van der Waals surface area contributed by atoms with Gasteiger partial charge in [-0.05, 0) is 13.8 Å². The summed E-state index contributed by atoms with van der Waals surface area (Å²) in [6, 6.07) is 0. The Morgan fingerprint density at radius 1 is 1.00 bits per heavy atom. The highest BCUT2D eigenvalue weighted by Crippen LogP contribution is 2.26. The summed E-state index contributed by atoms with van der Waals surface area (Å²) in [7, 11) is -9.28. The maximum Gasteiger partial charge on any atom is 0.466 e. The van der Waals surface area contributed by atoms with Crippen LogP contribution in [0.5, 0.6) is 0 Å². The molecule has 0 aliphatic rings. The highest BCUT2D eigenvalue weighted by atomic mass is 31.2. The van der Waals surface area contributed by atoms with Gasteiger partial charge in [0.05, 0.1) is 0 Å². The fourth-order valence-corrected chi connectivity index (χ4v) is 0. The molecule has 0 atom stereocenters. The Balaban J connectivity index is -0.0000000729. The second-order valence-corrected chi connectivity index (χ2v) is 5.11. The van der Waals surface area contributed by atoms with Crippen molar-refractivity contribution in [1.82, 2.24) is 6.15 Å². The van der Waals surface area contributed by atoms with Crippen LogP contribution >= 0.6 is 15.6 Å². The molecule has 0 fully saturated rings. The minimum atomic E-state index is -4.64. The van der Waals surface area contributed by atoms with Crippen LogP contribution in [0.1, 0.15) is 13.8 Å². The number of hydrogen-bond donors (Lipinski definition) is 8. The molecular weight excluding hydrogens is 278 g/mol. The molecule has 12 heteroatoms. The Labute approximate surface area is 98.9 Å². The monoisotopic (exact) mass is 298 g/mol. The Morgan fingerprint density at radius 2 is 1.06 bits per heavy atom. The van der Waals surface area contributed by atoms with E-state index < -0.39 is 15.6 Å². The first-order valence-electron chi connectivity index (χ1n) is 3.55. The third-order valence-electron chi connectivity index (χ3n) is 0.526. The van der Waals surface area contributed by atoms with E-state index in [0.717, 1.165) is 0 Å². The van der Waals surface area contributed by atoms with Crippen LogP contribution in [0.25, 0.3) is 0 Å². The lowest BCUT2D eigenvalue weighted by molar-refractivity contribution is 0.272. The van der Waals surface area contributed by atoms with Crippen molar-refractivity contribution in [3.8, 4) is 0 Å². The Bertz CT molecular complexity index is 240. The van der Waals surface area contributed by atoms with Crippen LogP contribution in [0.3, 0.4) is 0 Å². The molecule has 0 aromatic heterocycles. The summed E-state index contributed by atoms with van der Waals surface area (Å²) in [5.41, 5.74) is 5.22. The third kappa shape index (κ3) is 369. The zero-order chi connectivity index (χ0) is 14.2. The minimum Gasteiger partial charge on any atom is -0.344 e. The summed E-state index contributed by atoms with van der Waals surface area (Å²) in [5.74, 6) is 0. The number of rotatable bonds is 1. The topological polar surface area (TPSA) is 217 Å². The maximum absolute atomic E-state index is 8.88. The van der Waals surface area contributed by atoms with Crippen LogP contribution in [-0.4, -0.2) is 34.9 Å². The highest BCUT2D eigenvalue weighted by molar-refractivity contribution is 7.45. The standard InChI is InChI=1S/C5H11N.H3N.2H3O4P/c1-4-5(2,3)6;;2*1-5(2,3)4/h4H,1,6H2,2-3H3;1H3;2*(H3,1,2,3,4). The summed E-state index contributed by atoms with van der Waals surface area (Å²) < 4.78 is 17.8. The van der Waals surface area contributed by atoms with Crippen LogP contribution in [-0.2, 0) is 9.13 Å². The SMILES string of the molecule is C=CC(C)(C)N.N.O=P(O)(O)O.O=P(O)(O)O. The summed E-state index contributed by atoms with van der Waals surface area (Å²) >= 11 is 0. The second kappa shape index (κ2) is 9.86. The predicted octanol–water partition coefficient (Wildman–Crippen LogP) is -0.786. The van der Waals surface area contributed by atoms with E-state index >= 15 is 0 Å². The van der Waals surface area contributed by atoms with Crippen LogP contribution in [0, 0.1) is 0 Å². The quantitative estimate of drug-likeness (QED) is 0.223. The lowest BCUT2D eigenvalue weighted by atomic mass is 10.1. The average Bonchev–Trinajstić information content (AvgIpc) is 1.77.